The van der Waals surface area contributed by atoms with Gasteiger partial charge in [0.1, 0.15) is 0 Å². The van der Waals surface area contributed by atoms with Crippen molar-refractivity contribution in [3.8, 4) is 0 Å². The fourth-order valence-corrected chi connectivity index (χ4v) is 3.50. The van der Waals surface area contributed by atoms with Gasteiger partial charge in [-0.05, 0) is 18.6 Å². The Kier molecular flexibility index (Phi) is 2.73. The van der Waals surface area contributed by atoms with Crippen molar-refractivity contribution in [1.29, 1.82) is 0 Å². The molecule has 0 bridgehead atoms. The highest BCUT2D eigenvalue weighted by Crippen LogP contribution is 2.36. The minimum Gasteiger partial charge on any atom is -0.408 e. The molecule has 1 aromatic carbocycles. The lowest BCUT2D eigenvalue weighted by molar-refractivity contribution is 0.0472. The second kappa shape index (κ2) is 4.15. The third-order valence-corrected chi connectivity index (χ3v) is 4.46. The molecule has 1 atom stereocenters. The predicted octanol–water partition coefficient (Wildman–Crippen LogP) is 0.849. The summed E-state index contributed by atoms with van der Waals surface area (Å²) in [6.45, 7) is 0.206. The summed E-state index contributed by atoms with van der Waals surface area (Å²) >= 11 is 1.66. The summed E-state index contributed by atoms with van der Waals surface area (Å²) in [5.41, 5.74) is 6.82. The molecule has 0 saturated heterocycles. The van der Waals surface area contributed by atoms with Crippen LogP contribution in [0.3, 0.4) is 0 Å². The summed E-state index contributed by atoms with van der Waals surface area (Å²) in [7, 11) is 0. The smallest absolute Gasteiger partial charge is 0.408 e. The number of hydrogen-bond donors (Lipinski definition) is 3. The topological polar surface area (TPSA) is 92.2 Å². The Morgan fingerprint density at radius 1 is 1.56 bits per heavy atom. The maximum absolute atomic E-state index is 11.3. The van der Waals surface area contributed by atoms with E-state index in [1.807, 2.05) is 12.1 Å². The zero-order chi connectivity index (χ0) is 12.8. The third kappa shape index (κ3) is 1.86. The van der Waals surface area contributed by atoms with Gasteiger partial charge in [0, 0.05) is 29.2 Å². The molecule has 6 heteroatoms. The lowest BCUT2D eigenvalue weighted by Crippen LogP contribution is -2.40. The number of H-pyrrole nitrogens is 1. The van der Waals surface area contributed by atoms with Crippen LogP contribution in [0, 0.1) is 0 Å². The van der Waals surface area contributed by atoms with E-state index in [2.05, 4.69) is 4.98 Å². The first-order chi connectivity index (χ1) is 8.61. The van der Waals surface area contributed by atoms with Crippen molar-refractivity contribution in [3.63, 3.8) is 0 Å². The molecule has 0 aliphatic carbocycles. The molecule has 1 unspecified atom stereocenters. The van der Waals surface area contributed by atoms with Gasteiger partial charge in [0.25, 0.3) is 0 Å². The fraction of sp³-hybridized carbons (Fsp3) is 0.417. The predicted molar refractivity (Wildman–Crippen MR) is 69.9 cm³/mol. The van der Waals surface area contributed by atoms with Crippen molar-refractivity contribution in [3.05, 3.63) is 28.2 Å². The standard InChI is InChI=1S/C12H14N2O3S/c13-6-12(16)3-4-18-9-2-1-8-10(7(9)5-12)17-11(15)14-8/h1-2,16H,3-6,13H2,(H,14,15). The highest BCUT2D eigenvalue weighted by Gasteiger charge is 2.31. The second-order valence-electron chi connectivity index (χ2n) is 4.64. The van der Waals surface area contributed by atoms with Gasteiger partial charge in [0.15, 0.2) is 5.58 Å². The van der Waals surface area contributed by atoms with Crippen LogP contribution in [0.2, 0.25) is 0 Å². The quantitative estimate of drug-likeness (QED) is 0.711. The zero-order valence-electron chi connectivity index (χ0n) is 9.73. The van der Waals surface area contributed by atoms with Gasteiger partial charge < -0.3 is 15.3 Å². The van der Waals surface area contributed by atoms with Gasteiger partial charge >= 0.3 is 5.76 Å². The number of nitrogens with two attached hydrogens (primary N) is 1. The zero-order valence-corrected chi connectivity index (χ0v) is 10.5. The number of nitrogens with one attached hydrogen (secondary N) is 1. The average molecular weight is 266 g/mol. The molecule has 0 amide bonds. The van der Waals surface area contributed by atoms with E-state index in [1.165, 1.54) is 0 Å². The van der Waals surface area contributed by atoms with E-state index in [4.69, 9.17) is 10.2 Å². The maximum atomic E-state index is 11.3. The third-order valence-electron chi connectivity index (χ3n) is 3.36. The molecule has 0 fully saturated rings. The van der Waals surface area contributed by atoms with Crippen LogP contribution < -0.4 is 11.5 Å². The van der Waals surface area contributed by atoms with Crippen molar-refractivity contribution >= 4 is 22.9 Å². The number of rotatable bonds is 1. The first kappa shape index (κ1) is 11.8. The first-order valence-corrected chi connectivity index (χ1v) is 6.80. The lowest BCUT2D eigenvalue weighted by Gasteiger charge is -2.24. The summed E-state index contributed by atoms with van der Waals surface area (Å²) < 4.78 is 5.18. The molecule has 1 aromatic heterocycles. The second-order valence-corrected chi connectivity index (χ2v) is 5.77. The molecule has 2 aromatic rings. The van der Waals surface area contributed by atoms with Crippen LogP contribution in [-0.4, -0.2) is 28.0 Å². The van der Waals surface area contributed by atoms with Crippen molar-refractivity contribution < 1.29 is 9.52 Å². The van der Waals surface area contributed by atoms with Gasteiger partial charge in [0.05, 0.1) is 11.1 Å². The fourth-order valence-electron chi connectivity index (χ4n) is 2.30. The Labute approximate surface area is 107 Å². The van der Waals surface area contributed by atoms with Crippen molar-refractivity contribution in [2.45, 2.75) is 23.3 Å². The van der Waals surface area contributed by atoms with Gasteiger partial charge in [0.2, 0.25) is 0 Å². The van der Waals surface area contributed by atoms with Crippen LogP contribution >= 0.6 is 11.8 Å². The summed E-state index contributed by atoms with van der Waals surface area (Å²) in [5, 5.41) is 10.4. The Hall–Kier alpha value is -1.24. The van der Waals surface area contributed by atoms with E-state index < -0.39 is 11.4 Å². The minimum absolute atomic E-state index is 0.206. The lowest BCUT2D eigenvalue weighted by atomic mass is 9.92. The average Bonchev–Trinajstić information content (AvgIpc) is 2.63. The van der Waals surface area contributed by atoms with Gasteiger partial charge in [-0.3, -0.25) is 4.98 Å². The molecule has 5 nitrogen and oxygen atoms in total. The monoisotopic (exact) mass is 266 g/mol. The highest BCUT2D eigenvalue weighted by atomic mass is 32.2. The molecule has 2 heterocycles. The van der Waals surface area contributed by atoms with E-state index in [0.717, 1.165) is 16.2 Å². The van der Waals surface area contributed by atoms with Crippen LogP contribution in [0.4, 0.5) is 0 Å². The van der Waals surface area contributed by atoms with Crippen molar-refractivity contribution in [2.24, 2.45) is 5.73 Å². The number of fused-ring (bicyclic) bond motifs is 3. The molecular formula is C12H14N2O3S. The van der Waals surface area contributed by atoms with Gasteiger partial charge in [-0.2, -0.15) is 0 Å². The molecule has 0 saturated carbocycles. The summed E-state index contributed by atoms with van der Waals surface area (Å²) in [6.07, 6.45) is 1.06. The van der Waals surface area contributed by atoms with E-state index in [9.17, 15) is 9.90 Å². The Bertz CT molecular complexity index is 648. The molecule has 0 spiro atoms. The molecule has 3 rings (SSSR count). The summed E-state index contributed by atoms with van der Waals surface area (Å²) in [6, 6.07) is 3.79. The molecular weight excluding hydrogens is 252 g/mol. The van der Waals surface area contributed by atoms with Crippen LogP contribution in [0.15, 0.2) is 26.2 Å². The number of hydrogen-bond acceptors (Lipinski definition) is 5. The number of aliphatic hydroxyl groups is 1. The highest BCUT2D eigenvalue weighted by molar-refractivity contribution is 7.99. The number of oxazole rings is 1. The Morgan fingerprint density at radius 3 is 3.17 bits per heavy atom. The minimum atomic E-state index is -0.914. The normalized spacial score (nSPS) is 23.9. The SMILES string of the molecule is NCC1(O)CCSc2ccc3[nH]c(=O)oc3c2C1. The van der Waals surface area contributed by atoms with E-state index in [0.29, 0.717) is 23.9 Å². The summed E-state index contributed by atoms with van der Waals surface area (Å²) in [5.74, 6) is 0.338. The van der Waals surface area contributed by atoms with Crippen LogP contribution in [0.5, 0.6) is 0 Å². The summed E-state index contributed by atoms with van der Waals surface area (Å²) in [4.78, 5) is 15.0. The number of benzene rings is 1. The van der Waals surface area contributed by atoms with Crippen molar-refractivity contribution in [2.75, 3.05) is 12.3 Å². The Balaban J connectivity index is 2.21. The Morgan fingerprint density at radius 2 is 2.39 bits per heavy atom. The molecule has 4 N–H and O–H groups in total. The van der Waals surface area contributed by atoms with Gasteiger partial charge in [-0.1, -0.05) is 0 Å². The van der Waals surface area contributed by atoms with E-state index in [-0.39, 0.29) is 6.54 Å². The van der Waals surface area contributed by atoms with E-state index in [1.54, 1.807) is 11.8 Å². The number of aromatic amines is 1. The molecule has 1 aliphatic heterocycles. The van der Waals surface area contributed by atoms with Crippen LogP contribution in [0.25, 0.3) is 11.1 Å². The molecule has 0 radical (unpaired) electrons. The molecule has 96 valence electrons. The van der Waals surface area contributed by atoms with E-state index >= 15 is 0 Å². The van der Waals surface area contributed by atoms with Crippen molar-refractivity contribution in [1.82, 2.24) is 4.98 Å². The number of thioether (sulfide) groups is 1. The largest absolute Gasteiger partial charge is 0.417 e. The van der Waals surface area contributed by atoms with Crippen LogP contribution in [0.1, 0.15) is 12.0 Å². The van der Waals surface area contributed by atoms with Crippen LogP contribution in [-0.2, 0) is 6.42 Å². The molecule has 1 aliphatic rings. The molecule has 18 heavy (non-hydrogen) atoms. The van der Waals surface area contributed by atoms with Gasteiger partial charge in [-0.15, -0.1) is 11.8 Å². The first-order valence-electron chi connectivity index (χ1n) is 5.81. The van der Waals surface area contributed by atoms with Gasteiger partial charge in [-0.25, -0.2) is 4.79 Å². The maximum Gasteiger partial charge on any atom is 0.417 e. The number of aromatic nitrogens is 1.